The van der Waals surface area contributed by atoms with E-state index in [0.717, 1.165) is 31.7 Å². The summed E-state index contributed by atoms with van der Waals surface area (Å²) in [5, 5.41) is 3.00. The van der Waals surface area contributed by atoms with Gasteiger partial charge in [-0.1, -0.05) is 104 Å². The predicted molar refractivity (Wildman–Crippen MR) is 169 cm³/mol. The monoisotopic (exact) mass is 641 g/mol. The summed E-state index contributed by atoms with van der Waals surface area (Å²) in [4.78, 5) is 29.5. The summed E-state index contributed by atoms with van der Waals surface area (Å²) in [6.07, 6.45) is 1.39. The quantitative estimate of drug-likeness (QED) is 0.257. The molecule has 0 saturated heterocycles. The predicted octanol–water partition coefficient (Wildman–Crippen LogP) is 5.75. The molecule has 9 heteroatoms. The molecule has 0 aromatic heterocycles. The lowest BCUT2D eigenvalue weighted by Gasteiger charge is -2.34. The van der Waals surface area contributed by atoms with Crippen LogP contribution in [0.3, 0.4) is 0 Å². The summed E-state index contributed by atoms with van der Waals surface area (Å²) in [5.74, 6) is -0.483. The van der Waals surface area contributed by atoms with E-state index in [2.05, 4.69) is 21.2 Å². The van der Waals surface area contributed by atoms with Crippen molar-refractivity contribution in [3.8, 4) is 0 Å². The van der Waals surface area contributed by atoms with Crippen LogP contribution in [0.5, 0.6) is 0 Å². The summed E-state index contributed by atoms with van der Waals surface area (Å²) in [6.45, 7) is 8.14. The molecule has 0 heterocycles. The zero-order valence-electron chi connectivity index (χ0n) is 24.4. The highest BCUT2D eigenvalue weighted by Gasteiger charge is 2.33. The van der Waals surface area contributed by atoms with Crippen molar-refractivity contribution < 1.29 is 18.0 Å². The number of hydrogen-bond donors (Lipinski definition) is 1. The lowest BCUT2D eigenvalue weighted by atomic mass is 10.0. The summed E-state index contributed by atoms with van der Waals surface area (Å²) in [5.41, 5.74) is 3.00. The van der Waals surface area contributed by atoms with E-state index in [1.165, 1.54) is 4.90 Å². The van der Waals surface area contributed by atoms with Gasteiger partial charge in [-0.25, -0.2) is 8.42 Å². The fraction of sp³-hybridized carbons (Fsp3) is 0.375. The lowest BCUT2D eigenvalue weighted by molar-refractivity contribution is -0.140. The van der Waals surface area contributed by atoms with Crippen molar-refractivity contribution in [2.75, 3.05) is 23.7 Å². The minimum absolute atomic E-state index is 0.0379. The molecule has 0 aliphatic heterocycles. The van der Waals surface area contributed by atoms with Crippen LogP contribution in [0.1, 0.15) is 50.3 Å². The molecule has 0 radical (unpaired) electrons. The Hall–Kier alpha value is -3.17. The van der Waals surface area contributed by atoms with Crippen LogP contribution in [0.4, 0.5) is 5.69 Å². The van der Waals surface area contributed by atoms with Crippen molar-refractivity contribution in [2.45, 2.75) is 52.6 Å². The van der Waals surface area contributed by atoms with Crippen LogP contribution in [-0.2, 0) is 32.6 Å². The Bertz CT molecular complexity index is 1430. The topological polar surface area (TPSA) is 86.8 Å². The van der Waals surface area contributed by atoms with E-state index in [0.29, 0.717) is 12.2 Å². The Labute approximate surface area is 253 Å². The number of nitrogens with zero attached hydrogens (tertiary/aromatic N) is 2. The number of sulfonamides is 1. The van der Waals surface area contributed by atoms with Gasteiger partial charge in [-0.3, -0.25) is 13.9 Å². The number of hydrogen-bond acceptors (Lipinski definition) is 4. The van der Waals surface area contributed by atoms with Crippen molar-refractivity contribution in [1.82, 2.24) is 10.2 Å². The number of amides is 2. The summed E-state index contributed by atoms with van der Waals surface area (Å²) in [6, 6.07) is 23.4. The van der Waals surface area contributed by atoms with Crippen LogP contribution >= 0.6 is 15.9 Å². The molecule has 3 rings (SSSR count). The summed E-state index contributed by atoms with van der Waals surface area (Å²) in [7, 11) is -3.83. The zero-order valence-corrected chi connectivity index (χ0v) is 26.8. The number of para-hydroxylation sites is 1. The molecule has 220 valence electrons. The van der Waals surface area contributed by atoms with Crippen molar-refractivity contribution >= 4 is 43.5 Å². The first-order valence-corrected chi connectivity index (χ1v) is 16.4. The fourth-order valence-electron chi connectivity index (χ4n) is 4.61. The molecule has 3 aromatic carbocycles. The van der Waals surface area contributed by atoms with Crippen molar-refractivity contribution in [2.24, 2.45) is 5.92 Å². The Morgan fingerprint density at radius 1 is 0.878 bits per heavy atom. The maximum absolute atomic E-state index is 14.2. The van der Waals surface area contributed by atoms with Gasteiger partial charge in [0, 0.05) is 24.0 Å². The molecule has 0 saturated carbocycles. The van der Waals surface area contributed by atoms with Crippen molar-refractivity contribution in [1.29, 1.82) is 0 Å². The average Bonchev–Trinajstić information content (AvgIpc) is 2.92. The van der Waals surface area contributed by atoms with Crippen molar-refractivity contribution in [3.05, 3.63) is 100 Å². The normalized spacial score (nSPS) is 12.3. The van der Waals surface area contributed by atoms with E-state index >= 15 is 0 Å². The number of rotatable bonds is 13. The maximum Gasteiger partial charge on any atom is 0.244 e. The first kappa shape index (κ1) is 32.3. The second-order valence-electron chi connectivity index (χ2n) is 11.0. The van der Waals surface area contributed by atoms with Gasteiger partial charge in [0.15, 0.2) is 0 Å². The maximum atomic E-state index is 14.2. The molecule has 0 aliphatic carbocycles. The third kappa shape index (κ3) is 9.43. The van der Waals surface area contributed by atoms with Gasteiger partial charge in [-0.2, -0.15) is 0 Å². The van der Waals surface area contributed by atoms with Crippen LogP contribution in [0.2, 0.25) is 0 Å². The Morgan fingerprint density at radius 2 is 1.51 bits per heavy atom. The first-order chi connectivity index (χ1) is 19.4. The van der Waals surface area contributed by atoms with Crippen molar-refractivity contribution in [3.63, 3.8) is 0 Å². The fourth-order valence-corrected chi connectivity index (χ4v) is 5.92. The molecular weight excluding hydrogens is 602 g/mol. The van der Waals surface area contributed by atoms with Gasteiger partial charge < -0.3 is 10.2 Å². The van der Waals surface area contributed by atoms with Crippen LogP contribution in [0, 0.1) is 5.92 Å². The third-order valence-corrected chi connectivity index (χ3v) is 8.32. The van der Waals surface area contributed by atoms with E-state index in [4.69, 9.17) is 0 Å². The minimum Gasteiger partial charge on any atom is -0.354 e. The molecule has 2 amide bonds. The third-order valence-electron chi connectivity index (χ3n) is 6.70. The Balaban J connectivity index is 2.09. The highest BCUT2D eigenvalue weighted by molar-refractivity contribution is 9.10. The highest BCUT2D eigenvalue weighted by Crippen LogP contribution is 2.29. The Kier molecular flexibility index (Phi) is 11.5. The molecule has 1 atom stereocenters. The zero-order chi connectivity index (χ0) is 30.2. The van der Waals surface area contributed by atoms with Gasteiger partial charge >= 0.3 is 0 Å². The molecule has 41 heavy (non-hydrogen) atoms. The van der Waals surface area contributed by atoms with Crippen LogP contribution in [-0.4, -0.2) is 50.5 Å². The summed E-state index contributed by atoms with van der Waals surface area (Å²) < 4.78 is 28.2. The van der Waals surface area contributed by atoms with Crippen LogP contribution < -0.4 is 9.62 Å². The van der Waals surface area contributed by atoms with Crippen LogP contribution in [0.15, 0.2) is 83.3 Å². The van der Waals surface area contributed by atoms with Gasteiger partial charge in [0.2, 0.25) is 21.8 Å². The van der Waals surface area contributed by atoms with Gasteiger partial charge in [-0.15, -0.1) is 0 Å². The number of benzene rings is 3. The SMILES string of the molecule is CC(C)CNC(=O)C(Cc1ccccc1)N(Cc1cccc(Br)c1)C(=O)CN(c1ccccc1C(C)C)S(C)(=O)=O. The van der Waals surface area contributed by atoms with E-state index in [-0.39, 0.29) is 30.7 Å². The van der Waals surface area contributed by atoms with E-state index in [1.807, 2.05) is 94.4 Å². The summed E-state index contributed by atoms with van der Waals surface area (Å²) >= 11 is 3.50. The molecule has 0 spiro atoms. The highest BCUT2D eigenvalue weighted by atomic mass is 79.9. The van der Waals surface area contributed by atoms with E-state index < -0.39 is 28.5 Å². The number of carbonyl (C=O) groups is 2. The molecular formula is C32H40BrN3O4S. The molecule has 3 aromatic rings. The molecule has 0 aliphatic rings. The largest absolute Gasteiger partial charge is 0.354 e. The Morgan fingerprint density at radius 3 is 2.12 bits per heavy atom. The minimum atomic E-state index is -3.83. The number of carbonyl (C=O) groups excluding carboxylic acids is 2. The van der Waals surface area contributed by atoms with E-state index in [9.17, 15) is 18.0 Å². The standard InChI is InChI=1S/C32H40BrN3O4S/c1-23(2)20-34-32(38)30(19-25-12-7-6-8-13-25)35(21-26-14-11-15-27(33)18-26)31(37)22-36(41(5,39)40)29-17-10-9-16-28(29)24(3)4/h6-18,23-24,30H,19-22H2,1-5H3,(H,34,38). The second kappa shape index (κ2) is 14.6. The first-order valence-electron chi connectivity index (χ1n) is 13.8. The van der Waals surface area contributed by atoms with E-state index in [1.54, 1.807) is 12.1 Å². The number of nitrogens with one attached hydrogen (secondary N) is 1. The van der Waals surface area contributed by atoms with Gasteiger partial charge in [-0.05, 0) is 46.7 Å². The van der Waals surface area contributed by atoms with Gasteiger partial charge in [0.1, 0.15) is 12.6 Å². The molecule has 7 nitrogen and oxygen atoms in total. The average molecular weight is 643 g/mol. The molecule has 1 unspecified atom stereocenters. The van der Waals surface area contributed by atoms with Gasteiger partial charge in [0.05, 0.1) is 11.9 Å². The smallest absolute Gasteiger partial charge is 0.244 e. The second-order valence-corrected chi connectivity index (χ2v) is 13.8. The number of halogens is 1. The van der Waals surface area contributed by atoms with Crippen LogP contribution in [0.25, 0.3) is 0 Å². The molecule has 1 N–H and O–H groups in total. The molecule has 0 bridgehead atoms. The lowest BCUT2D eigenvalue weighted by Crippen LogP contribution is -2.53. The number of anilines is 1. The molecule has 0 fully saturated rings. The van der Waals surface area contributed by atoms with Gasteiger partial charge in [0.25, 0.3) is 0 Å².